The molecular weight excluding hydrogens is 592 g/mol. The summed E-state index contributed by atoms with van der Waals surface area (Å²) in [6, 6.07) is 12.2. The lowest BCUT2D eigenvalue weighted by molar-refractivity contribution is -0.133. The van der Waals surface area contributed by atoms with Crippen LogP contribution >= 0.6 is 11.6 Å². The summed E-state index contributed by atoms with van der Waals surface area (Å²) in [4.78, 5) is 49.9. The molecule has 0 spiro atoms. The number of carbonyl (C=O) groups is 3. The van der Waals surface area contributed by atoms with Gasteiger partial charge in [-0.05, 0) is 66.8 Å². The number of H-pyrrole nitrogens is 1. The van der Waals surface area contributed by atoms with Crippen molar-refractivity contribution in [3.63, 3.8) is 0 Å². The quantitative estimate of drug-likeness (QED) is 0.234. The molecule has 45 heavy (non-hydrogen) atoms. The second-order valence-corrected chi connectivity index (χ2v) is 13.7. The molecule has 5 rings (SSSR count). The summed E-state index contributed by atoms with van der Waals surface area (Å²) >= 11 is 6.76. The highest BCUT2D eigenvalue weighted by Crippen LogP contribution is 2.60. The van der Waals surface area contributed by atoms with Crippen LogP contribution in [-0.4, -0.2) is 72.6 Å². The SMILES string of the molecule is CCNC(=O)[C@H](NC(=O)C1(c2ccc3nc([C@@H](NC(=O)N(C)C)[C@H](c4ccccc4Cl)C4(C)CC4)[nH]c3c2)CCOC1)C(C)C. The van der Waals surface area contributed by atoms with E-state index in [4.69, 9.17) is 21.3 Å². The first-order chi connectivity index (χ1) is 21.4. The highest BCUT2D eigenvalue weighted by molar-refractivity contribution is 6.31. The third-order valence-corrected chi connectivity index (χ3v) is 9.78. The van der Waals surface area contributed by atoms with Crippen molar-refractivity contribution >= 4 is 40.5 Å². The van der Waals surface area contributed by atoms with Gasteiger partial charge in [0.05, 0.1) is 29.1 Å². The summed E-state index contributed by atoms with van der Waals surface area (Å²) in [6.45, 7) is 9.04. The van der Waals surface area contributed by atoms with Gasteiger partial charge in [-0.2, -0.15) is 0 Å². The van der Waals surface area contributed by atoms with Crippen molar-refractivity contribution < 1.29 is 19.1 Å². The van der Waals surface area contributed by atoms with E-state index in [1.807, 2.05) is 63.2 Å². The van der Waals surface area contributed by atoms with E-state index < -0.39 is 17.5 Å². The number of ether oxygens (including phenoxy) is 1. The average molecular weight is 637 g/mol. The van der Waals surface area contributed by atoms with Crippen molar-refractivity contribution in [1.29, 1.82) is 0 Å². The molecule has 2 aliphatic rings. The van der Waals surface area contributed by atoms with E-state index in [1.165, 1.54) is 4.90 Å². The molecular formula is C34H45ClN6O4. The first-order valence-corrected chi connectivity index (χ1v) is 16.2. The molecule has 4 N–H and O–H groups in total. The van der Waals surface area contributed by atoms with Crippen molar-refractivity contribution in [2.24, 2.45) is 11.3 Å². The number of nitrogens with zero attached hydrogens (tertiary/aromatic N) is 2. The predicted octanol–water partition coefficient (Wildman–Crippen LogP) is 5.05. The molecule has 2 aromatic carbocycles. The molecule has 1 aromatic heterocycles. The fraction of sp³-hybridized carbons (Fsp3) is 0.529. The van der Waals surface area contributed by atoms with Crippen molar-refractivity contribution in [2.45, 2.75) is 70.4 Å². The summed E-state index contributed by atoms with van der Waals surface area (Å²) < 4.78 is 5.79. The van der Waals surface area contributed by atoms with E-state index in [-0.39, 0.29) is 41.7 Å². The van der Waals surface area contributed by atoms with Gasteiger partial charge in [-0.25, -0.2) is 9.78 Å². The fourth-order valence-electron chi connectivity index (χ4n) is 6.44. The molecule has 2 fully saturated rings. The number of amides is 4. The van der Waals surface area contributed by atoms with Gasteiger partial charge in [0.25, 0.3) is 0 Å². The Hall–Kier alpha value is -3.63. The van der Waals surface area contributed by atoms with Gasteiger partial charge in [0.1, 0.15) is 11.9 Å². The number of benzene rings is 2. The van der Waals surface area contributed by atoms with Crippen LogP contribution in [-0.2, 0) is 19.7 Å². The minimum absolute atomic E-state index is 0.0697. The summed E-state index contributed by atoms with van der Waals surface area (Å²) in [6.07, 6.45) is 2.50. The maximum atomic E-state index is 14.0. The summed E-state index contributed by atoms with van der Waals surface area (Å²) in [5, 5.41) is 9.74. The van der Waals surface area contributed by atoms with Gasteiger partial charge in [0, 0.05) is 38.2 Å². The minimum atomic E-state index is -0.959. The molecule has 4 atom stereocenters. The molecule has 3 aromatic rings. The van der Waals surface area contributed by atoms with Gasteiger partial charge >= 0.3 is 6.03 Å². The van der Waals surface area contributed by atoms with Crippen LogP contribution in [0.1, 0.15) is 75.9 Å². The van der Waals surface area contributed by atoms with Crippen molar-refractivity contribution in [1.82, 2.24) is 30.8 Å². The number of imidazole rings is 1. The maximum absolute atomic E-state index is 14.0. The number of halogens is 1. The topological polar surface area (TPSA) is 128 Å². The Kier molecular flexibility index (Phi) is 9.46. The molecule has 0 bridgehead atoms. The number of rotatable bonds is 11. The van der Waals surface area contributed by atoms with Crippen molar-refractivity contribution in [2.75, 3.05) is 33.9 Å². The van der Waals surface area contributed by atoms with Gasteiger partial charge in [0.15, 0.2) is 0 Å². The average Bonchev–Trinajstić information content (AvgIpc) is 3.37. The van der Waals surface area contributed by atoms with Gasteiger partial charge < -0.3 is 30.6 Å². The first kappa shape index (κ1) is 32.8. The van der Waals surface area contributed by atoms with E-state index in [1.54, 1.807) is 14.1 Å². The van der Waals surface area contributed by atoms with E-state index in [9.17, 15) is 14.4 Å². The van der Waals surface area contributed by atoms with Crippen molar-refractivity contribution in [3.8, 4) is 0 Å². The number of aromatic amines is 1. The van der Waals surface area contributed by atoms with Crippen LogP contribution in [0.25, 0.3) is 11.0 Å². The standard InChI is InChI=1S/C34H45ClN6O4/c1-7-36-30(42)27(20(2)3)39-31(43)34(16-17-45-19-34)21-12-13-24-25(18-21)38-29(37-24)28(40-32(44)41(5)6)26(33(4)14-15-33)22-10-8-9-11-23(22)35/h8-13,18,20,26-28H,7,14-17,19H2,1-6H3,(H,36,42)(H,37,38)(H,39,43)(H,40,44)/t26-,27+,28-,34?/m0/s1. The molecule has 1 aliphatic carbocycles. The highest BCUT2D eigenvalue weighted by atomic mass is 35.5. The van der Waals surface area contributed by atoms with Crippen LogP contribution in [0.15, 0.2) is 42.5 Å². The Bertz CT molecular complexity index is 1560. The molecule has 1 saturated heterocycles. The lowest BCUT2D eigenvalue weighted by Gasteiger charge is -2.33. The number of urea groups is 1. The molecule has 4 amide bonds. The van der Waals surface area contributed by atoms with E-state index in [0.29, 0.717) is 35.9 Å². The third-order valence-electron chi connectivity index (χ3n) is 9.44. The summed E-state index contributed by atoms with van der Waals surface area (Å²) in [7, 11) is 3.43. The lowest BCUT2D eigenvalue weighted by atomic mass is 9.78. The molecule has 2 heterocycles. The first-order valence-electron chi connectivity index (χ1n) is 15.8. The van der Waals surface area contributed by atoms with Crippen LogP contribution in [0.3, 0.4) is 0 Å². The highest BCUT2D eigenvalue weighted by Gasteiger charge is 2.51. The van der Waals surface area contributed by atoms with Crippen LogP contribution in [0.2, 0.25) is 5.02 Å². The van der Waals surface area contributed by atoms with Gasteiger partial charge in [0.2, 0.25) is 11.8 Å². The van der Waals surface area contributed by atoms with Crippen molar-refractivity contribution in [3.05, 3.63) is 64.4 Å². The number of likely N-dealkylation sites (N-methyl/N-ethyl adjacent to an activating group) is 1. The zero-order valence-corrected chi connectivity index (χ0v) is 27.8. The number of hydrogen-bond acceptors (Lipinski definition) is 5. The van der Waals surface area contributed by atoms with Crippen LogP contribution in [0.5, 0.6) is 0 Å². The summed E-state index contributed by atoms with van der Waals surface area (Å²) in [5.74, 6) is -0.0379. The second-order valence-electron chi connectivity index (χ2n) is 13.3. The molecule has 11 heteroatoms. The van der Waals surface area contributed by atoms with E-state index in [0.717, 1.165) is 29.5 Å². The third kappa shape index (κ3) is 6.53. The number of hydrogen-bond donors (Lipinski definition) is 4. The van der Waals surface area contributed by atoms with Gasteiger partial charge in [-0.3, -0.25) is 9.59 Å². The molecule has 1 aliphatic heterocycles. The number of nitrogens with one attached hydrogen (secondary N) is 4. The zero-order chi connectivity index (χ0) is 32.5. The smallest absolute Gasteiger partial charge is 0.317 e. The van der Waals surface area contributed by atoms with E-state index in [2.05, 4.69) is 27.9 Å². The Morgan fingerprint density at radius 2 is 1.82 bits per heavy atom. The number of carbonyl (C=O) groups excluding carboxylic acids is 3. The van der Waals surface area contributed by atoms with Gasteiger partial charge in [-0.1, -0.05) is 56.6 Å². The molecule has 1 saturated carbocycles. The second kappa shape index (κ2) is 13.0. The minimum Gasteiger partial charge on any atom is -0.380 e. The number of fused-ring (bicyclic) bond motifs is 1. The van der Waals surface area contributed by atoms with Crippen LogP contribution in [0, 0.1) is 11.3 Å². The molecule has 0 radical (unpaired) electrons. The zero-order valence-electron chi connectivity index (χ0n) is 27.0. The summed E-state index contributed by atoms with van der Waals surface area (Å²) in [5.41, 5.74) is 2.18. The normalized spacial score (nSPS) is 20.8. The molecule has 10 nitrogen and oxygen atoms in total. The lowest BCUT2D eigenvalue weighted by Crippen LogP contribution is -2.55. The molecule has 1 unspecified atom stereocenters. The largest absolute Gasteiger partial charge is 0.380 e. The fourth-order valence-corrected chi connectivity index (χ4v) is 6.69. The predicted molar refractivity (Wildman–Crippen MR) is 175 cm³/mol. The monoisotopic (exact) mass is 636 g/mol. The Morgan fingerprint density at radius 1 is 1.09 bits per heavy atom. The van der Waals surface area contributed by atoms with Gasteiger partial charge in [-0.15, -0.1) is 0 Å². The Labute approximate surface area is 270 Å². The Balaban J connectivity index is 1.54. The number of aromatic nitrogens is 2. The maximum Gasteiger partial charge on any atom is 0.317 e. The Morgan fingerprint density at radius 3 is 2.42 bits per heavy atom. The van der Waals surface area contributed by atoms with Crippen LogP contribution < -0.4 is 16.0 Å². The van der Waals surface area contributed by atoms with E-state index >= 15 is 0 Å². The van der Waals surface area contributed by atoms with Crippen LogP contribution in [0.4, 0.5) is 4.79 Å². The molecule has 242 valence electrons.